The molecule has 182 valence electrons. The molecule has 0 bridgehead atoms. The highest BCUT2D eigenvalue weighted by Crippen LogP contribution is 2.34. The summed E-state index contributed by atoms with van der Waals surface area (Å²) in [7, 11) is 0. The van der Waals surface area contributed by atoms with Crippen molar-refractivity contribution in [3.8, 4) is 16.3 Å². The van der Waals surface area contributed by atoms with E-state index in [0.29, 0.717) is 23.8 Å². The van der Waals surface area contributed by atoms with Gasteiger partial charge in [-0.15, -0.1) is 11.3 Å². The third-order valence-electron chi connectivity index (χ3n) is 5.99. The van der Waals surface area contributed by atoms with Gasteiger partial charge >= 0.3 is 6.18 Å². The fourth-order valence-corrected chi connectivity index (χ4v) is 5.17. The lowest BCUT2D eigenvalue weighted by Gasteiger charge is -2.11. The summed E-state index contributed by atoms with van der Waals surface area (Å²) in [6.45, 7) is 3.04. The molecule has 0 spiro atoms. The second-order valence-corrected chi connectivity index (χ2v) is 9.57. The highest BCUT2D eigenvalue weighted by molar-refractivity contribution is 7.22. The number of halogens is 3. The van der Waals surface area contributed by atoms with Crippen molar-refractivity contribution in [3.05, 3.63) is 70.2 Å². The molecule has 0 unspecified atom stereocenters. The highest BCUT2D eigenvalue weighted by Gasteiger charge is 2.32. The summed E-state index contributed by atoms with van der Waals surface area (Å²) in [6.07, 6.45) is 0.632. The van der Waals surface area contributed by atoms with E-state index >= 15 is 0 Å². The molecule has 1 aliphatic rings. The lowest BCUT2D eigenvalue weighted by Crippen LogP contribution is -2.18. The van der Waals surface area contributed by atoms with Crippen molar-refractivity contribution in [1.29, 1.82) is 0 Å². The normalized spacial score (nSPS) is 16.3. The van der Waals surface area contributed by atoms with Crippen LogP contribution >= 0.6 is 11.3 Å². The molecule has 6 heterocycles. The summed E-state index contributed by atoms with van der Waals surface area (Å²) in [6, 6.07) is 5.97. The lowest BCUT2D eigenvalue weighted by molar-refractivity contribution is -0.141. The number of ether oxygens (including phenoxy) is 1. The first-order valence-corrected chi connectivity index (χ1v) is 11.9. The molecule has 0 N–H and O–H groups in total. The molecule has 36 heavy (non-hydrogen) atoms. The number of nitrogens with zero attached hydrogens (tertiary/aromatic N) is 6. The number of aromatic nitrogens is 6. The van der Waals surface area contributed by atoms with Crippen molar-refractivity contribution in [3.63, 3.8) is 0 Å². The van der Waals surface area contributed by atoms with Gasteiger partial charge in [0.25, 0.3) is 0 Å². The van der Waals surface area contributed by atoms with Gasteiger partial charge in [0.2, 0.25) is 5.43 Å². The van der Waals surface area contributed by atoms with Crippen LogP contribution < -0.4 is 5.43 Å². The fraction of sp³-hybridized carbons (Fsp3) is 0.250. The van der Waals surface area contributed by atoms with Gasteiger partial charge in [0.1, 0.15) is 5.69 Å². The van der Waals surface area contributed by atoms with Gasteiger partial charge in [0.05, 0.1) is 40.0 Å². The highest BCUT2D eigenvalue weighted by atomic mass is 32.1. The quantitative estimate of drug-likeness (QED) is 0.348. The molecule has 8 nitrogen and oxygen atoms in total. The van der Waals surface area contributed by atoms with Crippen LogP contribution in [0.5, 0.6) is 0 Å². The maximum Gasteiger partial charge on any atom is 0.433 e. The zero-order valence-electron chi connectivity index (χ0n) is 18.8. The van der Waals surface area contributed by atoms with Gasteiger partial charge in [-0.2, -0.15) is 18.3 Å². The Hall–Kier alpha value is -3.77. The Morgan fingerprint density at radius 1 is 1.11 bits per heavy atom. The molecule has 1 atom stereocenters. The van der Waals surface area contributed by atoms with Gasteiger partial charge < -0.3 is 4.74 Å². The van der Waals surface area contributed by atoms with E-state index in [-0.39, 0.29) is 28.5 Å². The summed E-state index contributed by atoms with van der Waals surface area (Å²) in [5, 5.41) is 5.43. The van der Waals surface area contributed by atoms with E-state index in [1.165, 1.54) is 28.3 Å². The van der Waals surface area contributed by atoms with Crippen LogP contribution in [-0.2, 0) is 10.9 Å². The Bertz CT molecular complexity index is 1670. The Morgan fingerprint density at radius 3 is 2.69 bits per heavy atom. The average molecular weight is 511 g/mol. The smallest absolute Gasteiger partial charge is 0.381 e. The molecule has 5 aromatic rings. The molecule has 0 saturated carbocycles. The van der Waals surface area contributed by atoms with Gasteiger partial charge in [-0.1, -0.05) is 0 Å². The molecule has 0 amide bonds. The van der Waals surface area contributed by atoms with Gasteiger partial charge in [-0.05, 0) is 43.0 Å². The minimum absolute atomic E-state index is 0.0688. The first-order chi connectivity index (χ1) is 17.3. The van der Waals surface area contributed by atoms with Gasteiger partial charge in [0, 0.05) is 24.4 Å². The summed E-state index contributed by atoms with van der Waals surface area (Å²) < 4.78 is 46.7. The van der Waals surface area contributed by atoms with Crippen LogP contribution in [0.15, 0.2) is 47.7 Å². The predicted octanol–water partition coefficient (Wildman–Crippen LogP) is 4.68. The van der Waals surface area contributed by atoms with Crippen LogP contribution in [0, 0.1) is 6.92 Å². The van der Waals surface area contributed by atoms with E-state index < -0.39 is 17.3 Å². The largest absolute Gasteiger partial charge is 0.433 e. The topological polar surface area (TPSA) is 95.7 Å². The van der Waals surface area contributed by atoms with Crippen LogP contribution in [0.1, 0.15) is 29.4 Å². The van der Waals surface area contributed by atoms with Crippen molar-refractivity contribution >= 4 is 32.6 Å². The number of thiophene rings is 1. The predicted molar refractivity (Wildman–Crippen MR) is 127 cm³/mol. The number of fused-ring (bicyclic) bond motifs is 2. The molecule has 1 saturated heterocycles. The number of hydrogen-bond donors (Lipinski definition) is 0. The zero-order chi connectivity index (χ0) is 25.0. The SMILES string of the molecule is Cc1cnc2c(n1)c(=O)c(-c1cc3cc([C@@H]4CCOC4)ncc3s1)nn2-c1ccc(C(F)(F)F)nc1. The Balaban J connectivity index is 1.52. The van der Waals surface area contributed by atoms with Gasteiger partial charge in [-0.3, -0.25) is 9.78 Å². The molecule has 0 radical (unpaired) electrons. The van der Waals surface area contributed by atoms with Crippen molar-refractivity contribution in [2.24, 2.45) is 0 Å². The molecular weight excluding hydrogens is 493 g/mol. The third kappa shape index (κ3) is 3.91. The molecule has 0 aromatic carbocycles. The first kappa shape index (κ1) is 22.7. The van der Waals surface area contributed by atoms with E-state index in [0.717, 1.165) is 34.5 Å². The summed E-state index contributed by atoms with van der Waals surface area (Å²) in [5.41, 5.74) is 0.554. The number of alkyl halides is 3. The van der Waals surface area contributed by atoms with Crippen molar-refractivity contribution in [2.75, 3.05) is 13.2 Å². The molecule has 12 heteroatoms. The molecular formula is C24H17F3N6O2S. The Morgan fingerprint density at radius 2 is 1.97 bits per heavy atom. The van der Waals surface area contributed by atoms with Crippen molar-refractivity contribution in [1.82, 2.24) is 29.7 Å². The molecule has 5 aromatic heterocycles. The monoisotopic (exact) mass is 510 g/mol. The second kappa shape index (κ2) is 8.42. The van der Waals surface area contributed by atoms with Gasteiger partial charge in [0.15, 0.2) is 16.9 Å². The maximum absolute atomic E-state index is 13.4. The Labute approximate surface area is 205 Å². The number of rotatable bonds is 3. The van der Waals surface area contributed by atoms with Crippen LogP contribution in [0.25, 0.3) is 37.5 Å². The fourth-order valence-electron chi connectivity index (χ4n) is 4.17. The third-order valence-corrected chi connectivity index (χ3v) is 7.09. The number of aryl methyl sites for hydroxylation is 1. The van der Waals surface area contributed by atoms with Crippen LogP contribution in [0.4, 0.5) is 13.2 Å². The van der Waals surface area contributed by atoms with Crippen LogP contribution in [0.3, 0.4) is 0 Å². The molecule has 6 rings (SSSR count). The standard InChI is InChI=1S/C24H17F3N6O2S/c1-12-8-30-23-21(31-12)22(34)20(32-33(23)15-2-3-19(29-9-15)24(25,26)27)17-7-14-6-16(13-4-5-35-11-13)28-10-18(14)36-17/h2-3,6-10,13H,4-5,11H2,1H3/t13-/m1/s1. The minimum atomic E-state index is -4.58. The van der Waals surface area contributed by atoms with Crippen molar-refractivity contribution < 1.29 is 17.9 Å². The summed E-state index contributed by atoms with van der Waals surface area (Å²) in [5.74, 6) is 0.235. The number of pyridine rings is 2. The lowest BCUT2D eigenvalue weighted by atomic mass is 10.0. The minimum Gasteiger partial charge on any atom is -0.381 e. The van der Waals surface area contributed by atoms with Crippen molar-refractivity contribution in [2.45, 2.75) is 25.4 Å². The van der Waals surface area contributed by atoms with Gasteiger partial charge in [-0.25, -0.2) is 19.6 Å². The molecule has 1 aliphatic heterocycles. The summed E-state index contributed by atoms with van der Waals surface area (Å²) in [4.78, 5) is 30.8. The first-order valence-electron chi connectivity index (χ1n) is 11.1. The average Bonchev–Trinajstić information content (AvgIpc) is 3.54. The van der Waals surface area contributed by atoms with E-state index in [4.69, 9.17) is 4.74 Å². The molecule has 1 fully saturated rings. The zero-order valence-corrected chi connectivity index (χ0v) is 19.6. The van der Waals surface area contributed by atoms with Crippen LogP contribution in [-0.4, -0.2) is 42.9 Å². The van der Waals surface area contributed by atoms with E-state index in [2.05, 4.69) is 25.0 Å². The summed E-state index contributed by atoms with van der Waals surface area (Å²) >= 11 is 1.36. The van der Waals surface area contributed by atoms with E-state index in [1.54, 1.807) is 13.1 Å². The maximum atomic E-state index is 13.4. The second-order valence-electron chi connectivity index (χ2n) is 8.49. The Kier molecular flexibility index (Phi) is 5.30. The van der Waals surface area contributed by atoms with E-state index in [1.807, 2.05) is 12.1 Å². The number of hydrogen-bond acceptors (Lipinski definition) is 8. The van der Waals surface area contributed by atoms with E-state index in [9.17, 15) is 18.0 Å². The van der Waals surface area contributed by atoms with Crippen LogP contribution in [0.2, 0.25) is 0 Å². The molecule has 0 aliphatic carbocycles.